The van der Waals surface area contributed by atoms with Crippen molar-refractivity contribution in [2.45, 2.75) is 0 Å². The van der Waals surface area contributed by atoms with Crippen LogP contribution in [-0.2, 0) is 4.79 Å². The number of thioether (sulfide) groups is 1. The van der Waals surface area contributed by atoms with E-state index in [1.165, 1.54) is 13.2 Å². The maximum atomic E-state index is 13.0. The van der Waals surface area contributed by atoms with Crippen LogP contribution in [-0.4, -0.2) is 28.1 Å². The highest BCUT2D eigenvalue weighted by Gasteiger charge is 2.36. The molecule has 176 valence electrons. The van der Waals surface area contributed by atoms with E-state index in [1.54, 1.807) is 48.5 Å². The summed E-state index contributed by atoms with van der Waals surface area (Å²) in [6, 6.07) is 16.1. The Morgan fingerprint density at radius 2 is 1.66 bits per heavy atom. The molecule has 0 radical (unpaired) electrons. The van der Waals surface area contributed by atoms with Gasteiger partial charge in [-0.2, -0.15) is 0 Å². The quantitative estimate of drug-likeness (QED) is 0.235. The van der Waals surface area contributed by atoms with Gasteiger partial charge in [0, 0.05) is 11.6 Å². The molecule has 0 aromatic heterocycles. The predicted octanol–water partition coefficient (Wildman–Crippen LogP) is 5.54. The Hall–Kier alpha value is -4.71. The first kappa shape index (κ1) is 23.4. The van der Waals surface area contributed by atoms with Gasteiger partial charge in [-0.15, -0.1) is 0 Å². The Morgan fingerprint density at radius 1 is 0.914 bits per heavy atom. The van der Waals surface area contributed by atoms with Crippen molar-refractivity contribution < 1.29 is 28.9 Å². The van der Waals surface area contributed by atoms with Crippen molar-refractivity contribution in [2.75, 3.05) is 12.0 Å². The molecule has 1 fully saturated rings. The summed E-state index contributed by atoms with van der Waals surface area (Å²) in [6.45, 7) is 0. The Morgan fingerprint density at radius 3 is 2.31 bits per heavy atom. The number of amides is 2. The van der Waals surface area contributed by atoms with E-state index in [0.717, 1.165) is 34.9 Å². The van der Waals surface area contributed by atoms with Gasteiger partial charge in [-0.25, -0.2) is 4.90 Å². The van der Waals surface area contributed by atoms with Crippen molar-refractivity contribution in [2.24, 2.45) is 0 Å². The van der Waals surface area contributed by atoms with Crippen molar-refractivity contribution in [1.82, 2.24) is 0 Å². The molecular formula is C23H15N3O8S. The number of carbonyl (C=O) groups excluding carboxylic acids is 2. The van der Waals surface area contributed by atoms with Gasteiger partial charge in [0.1, 0.15) is 0 Å². The number of hydrogen-bond donors (Lipinski definition) is 0. The summed E-state index contributed by atoms with van der Waals surface area (Å²) in [5.41, 5.74) is -0.378. The molecule has 0 atom stereocenters. The molecule has 2 amide bonds. The average Bonchev–Trinajstić information content (AvgIpc) is 3.12. The van der Waals surface area contributed by atoms with Gasteiger partial charge in [-0.05, 0) is 42.1 Å². The number of benzene rings is 3. The van der Waals surface area contributed by atoms with Gasteiger partial charge in [0.05, 0.1) is 33.6 Å². The third kappa shape index (κ3) is 4.68. The van der Waals surface area contributed by atoms with Crippen LogP contribution in [0.15, 0.2) is 71.6 Å². The van der Waals surface area contributed by atoms with Crippen molar-refractivity contribution in [1.29, 1.82) is 0 Å². The number of carbonyl (C=O) groups is 2. The number of nitrogens with zero attached hydrogens (tertiary/aromatic N) is 3. The van der Waals surface area contributed by atoms with Crippen molar-refractivity contribution in [3.8, 4) is 17.2 Å². The second-order valence-corrected chi connectivity index (χ2v) is 7.99. The third-order valence-corrected chi connectivity index (χ3v) is 5.76. The molecule has 1 aliphatic rings. The van der Waals surface area contributed by atoms with E-state index in [9.17, 15) is 29.8 Å². The monoisotopic (exact) mass is 493 g/mol. The van der Waals surface area contributed by atoms with Gasteiger partial charge in [0.15, 0.2) is 11.5 Å². The van der Waals surface area contributed by atoms with E-state index in [-0.39, 0.29) is 22.2 Å². The lowest BCUT2D eigenvalue weighted by atomic mass is 10.1. The Kier molecular flexibility index (Phi) is 6.46. The molecule has 0 saturated carbocycles. The number of para-hydroxylation sites is 2. The summed E-state index contributed by atoms with van der Waals surface area (Å²) in [5.74, 6) is -0.592. The van der Waals surface area contributed by atoms with E-state index in [0.29, 0.717) is 11.3 Å². The van der Waals surface area contributed by atoms with Crippen LogP contribution in [0.2, 0.25) is 0 Å². The lowest BCUT2D eigenvalue weighted by molar-refractivity contribution is -0.394. The molecule has 1 saturated heterocycles. The number of rotatable bonds is 7. The van der Waals surface area contributed by atoms with Gasteiger partial charge in [-0.1, -0.05) is 30.3 Å². The maximum Gasteiger partial charge on any atom is 0.318 e. The van der Waals surface area contributed by atoms with Crippen LogP contribution in [0, 0.1) is 20.2 Å². The largest absolute Gasteiger partial charge is 0.493 e. The van der Waals surface area contributed by atoms with Crippen LogP contribution < -0.4 is 14.4 Å². The standard InChI is InChI=1S/C23H15N3O8S/c1-33-19-9-5-6-14(12-20-22(27)24(23(28)35-20)15-7-3-2-4-8-15)21(19)34-18-11-10-16(25(29)30)13-17(18)26(31)32/h2-13H,1H3/b20-12-. The number of methoxy groups -OCH3 is 1. The topological polar surface area (TPSA) is 142 Å². The van der Waals surface area contributed by atoms with Gasteiger partial charge in [-0.3, -0.25) is 29.8 Å². The fourth-order valence-electron chi connectivity index (χ4n) is 3.28. The van der Waals surface area contributed by atoms with Crippen LogP contribution in [0.4, 0.5) is 21.9 Å². The van der Waals surface area contributed by atoms with Gasteiger partial charge in [0.2, 0.25) is 5.75 Å². The number of non-ortho nitro benzene ring substituents is 1. The molecule has 1 aliphatic heterocycles. The number of ether oxygens (including phenoxy) is 2. The molecule has 0 spiro atoms. The molecule has 0 bridgehead atoms. The van der Waals surface area contributed by atoms with Gasteiger partial charge in [0.25, 0.3) is 16.8 Å². The highest BCUT2D eigenvalue weighted by Crippen LogP contribution is 2.42. The van der Waals surface area contributed by atoms with Crippen LogP contribution in [0.1, 0.15) is 5.56 Å². The minimum Gasteiger partial charge on any atom is -0.493 e. The van der Waals surface area contributed by atoms with E-state index in [1.807, 2.05) is 0 Å². The fraction of sp³-hybridized carbons (Fsp3) is 0.0435. The molecule has 0 aliphatic carbocycles. The highest BCUT2D eigenvalue weighted by molar-refractivity contribution is 8.19. The molecule has 3 aromatic carbocycles. The zero-order valence-corrected chi connectivity index (χ0v) is 18.8. The molecule has 12 heteroatoms. The van der Waals surface area contributed by atoms with Crippen LogP contribution in [0.25, 0.3) is 6.08 Å². The molecule has 0 unspecified atom stereocenters. The fourth-order valence-corrected chi connectivity index (χ4v) is 4.12. The summed E-state index contributed by atoms with van der Waals surface area (Å²) in [6.07, 6.45) is 1.42. The van der Waals surface area contributed by atoms with Gasteiger partial charge >= 0.3 is 5.69 Å². The summed E-state index contributed by atoms with van der Waals surface area (Å²) in [7, 11) is 1.36. The van der Waals surface area contributed by atoms with Crippen molar-refractivity contribution >= 4 is 46.0 Å². The number of nitro groups is 2. The van der Waals surface area contributed by atoms with E-state index in [2.05, 4.69) is 0 Å². The first-order valence-electron chi connectivity index (χ1n) is 9.91. The summed E-state index contributed by atoms with van der Waals surface area (Å²) >= 11 is 0.732. The van der Waals surface area contributed by atoms with E-state index >= 15 is 0 Å². The van der Waals surface area contributed by atoms with Crippen molar-refractivity contribution in [3.05, 3.63) is 97.4 Å². The smallest absolute Gasteiger partial charge is 0.318 e. The SMILES string of the molecule is COc1cccc(/C=C2\SC(=O)N(c3ccccc3)C2=O)c1Oc1ccc([N+](=O)[O-])cc1[N+](=O)[O-]. The summed E-state index contributed by atoms with van der Waals surface area (Å²) < 4.78 is 11.1. The second-order valence-electron chi connectivity index (χ2n) is 7.00. The molecular weight excluding hydrogens is 478 g/mol. The molecule has 35 heavy (non-hydrogen) atoms. The Bertz CT molecular complexity index is 1390. The lowest BCUT2D eigenvalue weighted by Crippen LogP contribution is -2.27. The number of nitro benzene ring substituents is 2. The second kappa shape index (κ2) is 9.65. The minimum absolute atomic E-state index is 0.0264. The Balaban J connectivity index is 1.75. The molecule has 0 N–H and O–H groups in total. The van der Waals surface area contributed by atoms with Gasteiger partial charge < -0.3 is 9.47 Å². The minimum atomic E-state index is -0.803. The number of imide groups is 1. The summed E-state index contributed by atoms with van der Waals surface area (Å²) in [4.78, 5) is 47.7. The van der Waals surface area contributed by atoms with E-state index < -0.39 is 32.4 Å². The van der Waals surface area contributed by atoms with Crippen LogP contribution in [0.3, 0.4) is 0 Å². The lowest BCUT2D eigenvalue weighted by Gasteiger charge is -2.14. The third-order valence-electron chi connectivity index (χ3n) is 4.89. The first-order chi connectivity index (χ1) is 16.8. The van der Waals surface area contributed by atoms with E-state index in [4.69, 9.17) is 9.47 Å². The van der Waals surface area contributed by atoms with Crippen LogP contribution >= 0.6 is 11.8 Å². The summed E-state index contributed by atoms with van der Waals surface area (Å²) in [5, 5.41) is 22.1. The zero-order valence-electron chi connectivity index (χ0n) is 17.9. The molecule has 11 nitrogen and oxygen atoms in total. The number of anilines is 1. The first-order valence-corrected chi connectivity index (χ1v) is 10.7. The zero-order chi connectivity index (χ0) is 25.1. The Labute approximate surface area is 201 Å². The van der Waals surface area contributed by atoms with Crippen molar-refractivity contribution in [3.63, 3.8) is 0 Å². The molecule has 1 heterocycles. The maximum absolute atomic E-state index is 13.0. The highest BCUT2D eigenvalue weighted by atomic mass is 32.2. The molecule has 3 aromatic rings. The predicted molar refractivity (Wildman–Crippen MR) is 128 cm³/mol. The van der Waals surface area contributed by atoms with Crippen LogP contribution in [0.5, 0.6) is 17.2 Å². The number of hydrogen-bond acceptors (Lipinski definition) is 9. The normalized spacial score (nSPS) is 14.3. The molecule has 4 rings (SSSR count). The average molecular weight is 493 g/mol.